The minimum absolute atomic E-state index is 0.148. The number of aromatic nitrogens is 3. The highest BCUT2D eigenvalue weighted by Gasteiger charge is 2.40. The molecule has 5 rings (SSSR count). The fourth-order valence-electron chi connectivity index (χ4n) is 4.99. The first-order chi connectivity index (χ1) is 20.2. The summed E-state index contributed by atoms with van der Waals surface area (Å²) in [6, 6.07) is 19.3. The molecule has 0 aliphatic carbocycles. The number of carbonyl (C=O) groups excluding carboxylic acids is 2. The van der Waals surface area contributed by atoms with Crippen LogP contribution in [0.4, 0.5) is 5.82 Å². The SMILES string of the molecule is COc1ccc(OC)c(C2SCC(=O)N(CC(=O)NCc3cccnc3)c3c2c(-c2ccccc2)nn3C(C)(C)C)c1. The van der Waals surface area contributed by atoms with E-state index in [9.17, 15) is 9.59 Å². The second-order valence-electron chi connectivity index (χ2n) is 11.0. The lowest BCUT2D eigenvalue weighted by Crippen LogP contribution is -2.43. The van der Waals surface area contributed by atoms with E-state index in [1.807, 2.05) is 86.1 Å². The topological polar surface area (TPSA) is 98.6 Å². The Balaban J connectivity index is 1.68. The number of carbonyl (C=O) groups is 2. The highest BCUT2D eigenvalue weighted by Crippen LogP contribution is 2.51. The molecule has 218 valence electrons. The molecule has 1 unspecified atom stereocenters. The van der Waals surface area contributed by atoms with E-state index in [0.717, 1.165) is 27.9 Å². The van der Waals surface area contributed by atoms with Gasteiger partial charge in [0.15, 0.2) is 0 Å². The molecule has 2 aromatic carbocycles. The van der Waals surface area contributed by atoms with E-state index in [1.54, 1.807) is 31.5 Å². The summed E-state index contributed by atoms with van der Waals surface area (Å²) in [7, 11) is 3.26. The van der Waals surface area contributed by atoms with E-state index in [-0.39, 0.29) is 29.4 Å². The predicted molar refractivity (Wildman–Crippen MR) is 165 cm³/mol. The number of anilines is 1. The van der Waals surface area contributed by atoms with Crippen molar-refractivity contribution >= 4 is 29.4 Å². The van der Waals surface area contributed by atoms with Gasteiger partial charge in [-0.1, -0.05) is 36.4 Å². The molecule has 9 nitrogen and oxygen atoms in total. The van der Waals surface area contributed by atoms with Gasteiger partial charge in [-0.05, 0) is 50.6 Å². The van der Waals surface area contributed by atoms with Crippen molar-refractivity contribution in [2.75, 3.05) is 31.4 Å². The number of ether oxygens (including phenoxy) is 2. The Labute approximate surface area is 250 Å². The summed E-state index contributed by atoms with van der Waals surface area (Å²) in [4.78, 5) is 32.9. The molecule has 0 saturated heterocycles. The zero-order chi connectivity index (χ0) is 29.9. The van der Waals surface area contributed by atoms with E-state index in [1.165, 1.54) is 11.8 Å². The van der Waals surface area contributed by atoms with Crippen molar-refractivity contribution < 1.29 is 19.1 Å². The molecule has 4 aromatic rings. The molecule has 10 heteroatoms. The Morgan fingerprint density at radius 1 is 1.07 bits per heavy atom. The van der Waals surface area contributed by atoms with Crippen LogP contribution in [0.5, 0.6) is 11.5 Å². The molecule has 2 aromatic heterocycles. The molecule has 0 radical (unpaired) electrons. The fraction of sp³-hybridized carbons (Fsp3) is 0.312. The van der Waals surface area contributed by atoms with Crippen LogP contribution >= 0.6 is 11.8 Å². The Kier molecular flexibility index (Phi) is 8.54. The minimum Gasteiger partial charge on any atom is -0.497 e. The van der Waals surface area contributed by atoms with Crippen molar-refractivity contribution in [2.45, 2.75) is 38.1 Å². The highest BCUT2D eigenvalue weighted by atomic mass is 32.2. The van der Waals surface area contributed by atoms with Gasteiger partial charge in [-0.25, -0.2) is 4.68 Å². The van der Waals surface area contributed by atoms with Crippen molar-refractivity contribution in [3.63, 3.8) is 0 Å². The molecule has 0 saturated carbocycles. The zero-order valence-corrected chi connectivity index (χ0v) is 25.3. The predicted octanol–water partition coefficient (Wildman–Crippen LogP) is 5.20. The molecular formula is C32H35N5O4S. The summed E-state index contributed by atoms with van der Waals surface area (Å²) < 4.78 is 13.3. The molecule has 0 bridgehead atoms. The normalized spacial score (nSPS) is 15.1. The van der Waals surface area contributed by atoms with Crippen LogP contribution < -0.4 is 19.7 Å². The number of hydrogen-bond acceptors (Lipinski definition) is 7. The number of nitrogens with one attached hydrogen (secondary N) is 1. The zero-order valence-electron chi connectivity index (χ0n) is 24.5. The van der Waals surface area contributed by atoms with Crippen molar-refractivity contribution in [3.05, 3.63) is 89.7 Å². The first-order valence-corrected chi connectivity index (χ1v) is 14.7. The molecule has 42 heavy (non-hydrogen) atoms. The summed E-state index contributed by atoms with van der Waals surface area (Å²) in [5, 5.41) is 7.75. The molecule has 0 spiro atoms. The Morgan fingerprint density at radius 2 is 1.86 bits per heavy atom. The number of hydrogen-bond donors (Lipinski definition) is 1. The van der Waals surface area contributed by atoms with Gasteiger partial charge in [0.25, 0.3) is 0 Å². The maximum atomic E-state index is 13.9. The third kappa shape index (κ3) is 5.99. The maximum Gasteiger partial charge on any atom is 0.240 e. The maximum absolute atomic E-state index is 13.9. The summed E-state index contributed by atoms with van der Waals surface area (Å²) in [5.41, 5.74) is 3.75. The number of nitrogens with zero attached hydrogens (tertiary/aromatic N) is 4. The van der Waals surface area contributed by atoms with Gasteiger partial charge in [0.2, 0.25) is 11.8 Å². The number of thioether (sulfide) groups is 1. The van der Waals surface area contributed by atoms with Crippen LogP contribution in [-0.4, -0.2) is 53.1 Å². The van der Waals surface area contributed by atoms with Crippen LogP contribution in [0, 0.1) is 0 Å². The summed E-state index contributed by atoms with van der Waals surface area (Å²) in [5.74, 6) is 1.67. The van der Waals surface area contributed by atoms with E-state index >= 15 is 0 Å². The lowest BCUT2D eigenvalue weighted by molar-refractivity contribution is -0.123. The fourth-order valence-corrected chi connectivity index (χ4v) is 6.20. The average molecular weight is 586 g/mol. The molecule has 1 N–H and O–H groups in total. The van der Waals surface area contributed by atoms with Crippen LogP contribution in [0.15, 0.2) is 73.1 Å². The van der Waals surface area contributed by atoms with Gasteiger partial charge in [-0.2, -0.15) is 5.10 Å². The lowest BCUT2D eigenvalue weighted by Gasteiger charge is -2.29. The highest BCUT2D eigenvalue weighted by molar-refractivity contribution is 8.00. The molecule has 1 aliphatic rings. The van der Waals surface area contributed by atoms with Gasteiger partial charge >= 0.3 is 0 Å². The smallest absolute Gasteiger partial charge is 0.240 e. The number of pyridine rings is 1. The monoisotopic (exact) mass is 585 g/mol. The van der Waals surface area contributed by atoms with E-state index in [0.29, 0.717) is 23.9 Å². The third-order valence-electron chi connectivity index (χ3n) is 7.01. The van der Waals surface area contributed by atoms with E-state index in [4.69, 9.17) is 14.6 Å². The van der Waals surface area contributed by atoms with Gasteiger partial charge in [-0.3, -0.25) is 19.5 Å². The summed E-state index contributed by atoms with van der Waals surface area (Å²) in [6.07, 6.45) is 3.39. The van der Waals surface area contributed by atoms with Gasteiger partial charge in [0.05, 0.1) is 36.5 Å². The Bertz CT molecular complexity index is 1570. The van der Waals surface area contributed by atoms with Crippen LogP contribution in [0.3, 0.4) is 0 Å². The Morgan fingerprint density at radius 3 is 2.52 bits per heavy atom. The quantitative estimate of drug-likeness (QED) is 0.303. The average Bonchev–Trinajstić information content (AvgIpc) is 3.34. The standard InChI is InChI=1S/C32H35N5O4S/c1-32(2,3)37-31-28(29(35-37)22-11-7-6-8-12-22)30(24-16-23(40-4)13-14-25(24)41-5)42-20-27(39)36(31)19-26(38)34-18-21-10-9-15-33-17-21/h6-17,30H,18-20H2,1-5H3,(H,34,38). The first kappa shape index (κ1) is 29.2. The lowest BCUT2D eigenvalue weighted by atomic mass is 9.98. The number of benzene rings is 2. The van der Waals surface area contributed by atoms with Crippen LogP contribution in [0.1, 0.15) is 42.7 Å². The number of fused-ring (bicyclic) bond motifs is 1. The molecule has 3 heterocycles. The van der Waals surface area contributed by atoms with E-state index in [2.05, 4.69) is 10.3 Å². The van der Waals surface area contributed by atoms with Crippen molar-refractivity contribution in [3.8, 4) is 22.8 Å². The van der Waals surface area contributed by atoms with Gasteiger partial charge in [0, 0.05) is 35.6 Å². The van der Waals surface area contributed by atoms with Gasteiger partial charge < -0.3 is 14.8 Å². The van der Waals surface area contributed by atoms with Crippen LogP contribution in [-0.2, 0) is 21.7 Å². The number of amides is 2. The number of methoxy groups -OCH3 is 2. The molecular weight excluding hydrogens is 550 g/mol. The summed E-state index contributed by atoms with van der Waals surface area (Å²) >= 11 is 1.49. The van der Waals surface area contributed by atoms with Gasteiger partial charge in [0.1, 0.15) is 23.9 Å². The molecule has 2 amide bonds. The molecule has 1 atom stereocenters. The summed E-state index contributed by atoms with van der Waals surface area (Å²) in [6.45, 7) is 6.29. The number of rotatable bonds is 8. The minimum atomic E-state index is -0.500. The van der Waals surface area contributed by atoms with Crippen LogP contribution in [0.25, 0.3) is 11.3 Å². The largest absolute Gasteiger partial charge is 0.497 e. The molecule has 0 fully saturated rings. The van der Waals surface area contributed by atoms with Crippen molar-refractivity contribution in [1.29, 1.82) is 0 Å². The van der Waals surface area contributed by atoms with Crippen molar-refractivity contribution in [1.82, 2.24) is 20.1 Å². The molecule has 1 aliphatic heterocycles. The van der Waals surface area contributed by atoms with E-state index < -0.39 is 5.54 Å². The second kappa shape index (κ2) is 12.3. The third-order valence-corrected chi connectivity index (χ3v) is 8.24. The van der Waals surface area contributed by atoms with Crippen LogP contribution in [0.2, 0.25) is 0 Å². The van der Waals surface area contributed by atoms with Crippen molar-refractivity contribution in [2.24, 2.45) is 0 Å². The second-order valence-corrected chi connectivity index (χ2v) is 12.0. The van der Waals surface area contributed by atoms with Gasteiger partial charge in [-0.15, -0.1) is 11.8 Å². The first-order valence-electron chi connectivity index (χ1n) is 13.7. The Hall–Kier alpha value is -4.31.